The molecule has 0 spiro atoms. The van der Waals surface area contributed by atoms with Gasteiger partial charge in [-0.25, -0.2) is 0 Å². The Hall–Kier alpha value is -0.610. The van der Waals surface area contributed by atoms with Crippen molar-refractivity contribution >= 4 is 11.6 Å². The van der Waals surface area contributed by atoms with Crippen LogP contribution < -0.4 is 0 Å². The monoisotopic (exact) mass is 310 g/mol. The predicted octanol–water partition coefficient (Wildman–Crippen LogP) is 2.93. The lowest BCUT2D eigenvalue weighted by Gasteiger charge is -2.42. The van der Waals surface area contributed by atoms with Crippen molar-refractivity contribution in [2.75, 3.05) is 47.4 Å². The number of benzene rings is 1. The van der Waals surface area contributed by atoms with Crippen LogP contribution in [0.3, 0.4) is 0 Å². The van der Waals surface area contributed by atoms with Crippen LogP contribution in [0.25, 0.3) is 0 Å². The molecular weight excluding hydrogens is 284 g/mol. The average molecular weight is 311 g/mol. The van der Waals surface area contributed by atoms with Gasteiger partial charge in [0.25, 0.3) is 0 Å². The Morgan fingerprint density at radius 3 is 2.33 bits per heavy atom. The molecule has 21 heavy (non-hydrogen) atoms. The fraction of sp³-hybridized carbons (Fsp3) is 0.647. The molecule has 1 saturated heterocycles. The van der Waals surface area contributed by atoms with E-state index < -0.39 is 0 Å². The van der Waals surface area contributed by atoms with Crippen molar-refractivity contribution < 1.29 is 4.74 Å². The van der Waals surface area contributed by atoms with Crippen molar-refractivity contribution in [2.24, 2.45) is 0 Å². The fourth-order valence-corrected chi connectivity index (χ4v) is 3.25. The molecule has 1 heterocycles. The summed E-state index contributed by atoms with van der Waals surface area (Å²) in [6.07, 6.45) is 3.31. The highest BCUT2D eigenvalue weighted by Crippen LogP contribution is 2.26. The Bertz CT molecular complexity index is 425. The van der Waals surface area contributed by atoms with Gasteiger partial charge in [-0.15, -0.1) is 0 Å². The van der Waals surface area contributed by atoms with Gasteiger partial charge in [-0.2, -0.15) is 0 Å². The summed E-state index contributed by atoms with van der Waals surface area (Å²) >= 11 is 5.92. The minimum Gasteiger partial charge on any atom is -0.377 e. The van der Waals surface area contributed by atoms with Gasteiger partial charge in [0.2, 0.25) is 0 Å². The molecule has 0 aliphatic carbocycles. The number of likely N-dealkylation sites (N-methyl/N-ethyl adjacent to an activating group) is 1. The molecule has 0 amide bonds. The van der Waals surface area contributed by atoms with Crippen LogP contribution in [-0.4, -0.2) is 62.8 Å². The Morgan fingerprint density at radius 2 is 1.81 bits per heavy atom. The zero-order chi connectivity index (χ0) is 15.3. The van der Waals surface area contributed by atoms with Gasteiger partial charge in [-0.1, -0.05) is 23.7 Å². The molecule has 0 unspecified atom stereocenters. The second kappa shape index (κ2) is 7.59. The molecular formula is C17H27ClN2O. The normalized spacial score (nSPS) is 19.1. The molecule has 118 valence electrons. The zero-order valence-electron chi connectivity index (χ0n) is 13.4. The third-order valence-electron chi connectivity index (χ3n) is 4.43. The van der Waals surface area contributed by atoms with Crippen molar-refractivity contribution in [3.63, 3.8) is 0 Å². The topological polar surface area (TPSA) is 15.7 Å². The number of rotatable bonds is 6. The van der Waals surface area contributed by atoms with Gasteiger partial charge in [0.15, 0.2) is 0 Å². The van der Waals surface area contributed by atoms with Gasteiger partial charge < -0.3 is 14.5 Å². The fourth-order valence-electron chi connectivity index (χ4n) is 3.13. The van der Waals surface area contributed by atoms with E-state index in [1.54, 1.807) is 0 Å². The molecule has 0 bridgehead atoms. The number of hydrogen-bond acceptors (Lipinski definition) is 3. The van der Waals surface area contributed by atoms with Crippen LogP contribution in [0.2, 0.25) is 5.02 Å². The quantitative estimate of drug-likeness (QED) is 0.803. The van der Waals surface area contributed by atoms with Gasteiger partial charge in [-0.3, -0.25) is 0 Å². The predicted molar refractivity (Wildman–Crippen MR) is 89.1 cm³/mol. The summed E-state index contributed by atoms with van der Waals surface area (Å²) in [7, 11) is 6.09. The molecule has 1 aliphatic heterocycles. The van der Waals surface area contributed by atoms with E-state index in [1.807, 2.05) is 19.2 Å². The molecule has 1 aromatic carbocycles. The molecule has 1 fully saturated rings. The minimum absolute atomic E-state index is 0.0419. The van der Waals surface area contributed by atoms with Crippen LogP contribution in [0.1, 0.15) is 18.4 Å². The molecule has 0 saturated carbocycles. The van der Waals surface area contributed by atoms with Crippen LogP contribution >= 0.6 is 11.6 Å². The zero-order valence-corrected chi connectivity index (χ0v) is 14.2. The SMILES string of the molecule is COC1(CN(C)C)CCN(CCc2ccc(Cl)cc2)CC1. The van der Waals surface area contributed by atoms with E-state index in [1.165, 1.54) is 5.56 Å². The van der Waals surface area contributed by atoms with E-state index in [0.717, 1.165) is 50.5 Å². The molecule has 4 heteroatoms. The Kier molecular flexibility index (Phi) is 6.06. The molecule has 0 atom stereocenters. The van der Waals surface area contributed by atoms with Crippen LogP contribution in [0.4, 0.5) is 0 Å². The number of hydrogen-bond donors (Lipinski definition) is 0. The summed E-state index contributed by atoms with van der Waals surface area (Å²) < 4.78 is 5.83. The first-order valence-corrected chi connectivity index (χ1v) is 8.07. The third kappa shape index (κ3) is 4.96. The highest BCUT2D eigenvalue weighted by molar-refractivity contribution is 6.30. The Morgan fingerprint density at radius 1 is 1.19 bits per heavy atom. The van der Waals surface area contributed by atoms with Crippen molar-refractivity contribution in [1.29, 1.82) is 0 Å². The van der Waals surface area contributed by atoms with Gasteiger partial charge in [0.05, 0.1) is 5.60 Å². The molecule has 1 aromatic rings. The lowest BCUT2D eigenvalue weighted by molar-refractivity contribution is -0.0698. The van der Waals surface area contributed by atoms with E-state index in [0.29, 0.717) is 0 Å². The second-order valence-corrected chi connectivity index (χ2v) is 6.78. The number of ether oxygens (including phenoxy) is 1. The van der Waals surface area contributed by atoms with E-state index in [4.69, 9.17) is 16.3 Å². The molecule has 0 N–H and O–H groups in total. The number of halogens is 1. The summed E-state index contributed by atoms with van der Waals surface area (Å²) in [5.74, 6) is 0. The minimum atomic E-state index is 0.0419. The van der Waals surface area contributed by atoms with Gasteiger partial charge in [0, 0.05) is 38.3 Å². The summed E-state index contributed by atoms with van der Waals surface area (Å²) in [6, 6.07) is 8.19. The van der Waals surface area contributed by atoms with E-state index in [2.05, 4.69) is 36.0 Å². The number of likely N-dealkylation sites (tertiary alicyclic amines) is 1. The van der Waals surface area contributed by atoms with Crippen LogP contribution in [0.15, 0.2) is 24.3 Å². The Labute approximate surface area is 133 Å². The maximum atomic E-state index is 5.92. The lowest BCUT2D eigenvalue weighted by atomic mass is 9.90. The second-order valence-electron chi connectivity index (χ2n) is 6.34. The summed E-state index contributed by atoms with van der Waals surface area (Å²) in [5, 5.41) is 0.810. The largest absolute Gasteiger partial charge is 0.377 e. The first-order valence-electron chi connectivity index (χ1n) is 7.70. The van der Waals surface area contributed by atoms with Crippen LogP contribution in [-0.2, 0) is 11.2 Å². The number of methoxy groups -OCH3 is 1. The lowest BCUT2D eigenvalue weighted by Crippen LogP contribution is -2.51. The van der Waals surface area contributed by atoms with E-state index in [9.17, 15) is 0 Å². The van der Waals surface area contributed by atoms with Crippen LogP contribution in [0, 0.1) is 0 Å². The van der Waals surface area contributed by atoms with Crippen LogP contribution in [0.5, 0.6) is 0 Å². The van der Waals surface area contributed by atoms with Crippen molar-refractivity contribution in [2.45, 2.75) is 24.9 Å². The van der Waals surface area contributed by atoms with Gasteiger partial charge >= 0.3 is 0 Å². The number of nitrogens with zero attached hydrogens (tertiary/aromatic N) is 2. The first kappa shape index (κ1) is 16.8. The van der Waals surface area contributed by atoms with Gasteiger partial charge in [0.1, 0.15) is 0 Å². The van der Waals surface area contributed by atoms with Crippen molar-refractivity contribution in [3.05, 3.63) is 34.9 Å². The third-order valence-corrected chi connectivity index (χ3v) is 4.69. The Balaban J connectivity index is 1.79. The average Bonchev–Trinajstić information content (AvgIpc) is 2.47. The molecule has 2 rings (SSSR count). The van der Waals surface area contributed by atoms with E-state index >= 15 is 0 Å². The molecule has 0 aromatic heterocycles. The van der Waals surface area contributed by atoms with Crippen molar-refractivity contribution in [3.8, 4) is 0 Å². The summed E-state index contributed by atoms with van der Waals surface area (Å²) in [4.78, 5) is 4.77. The molecule has 3 nitrogen and oxygen atoms in total. The molecule has 0 radical (unpaired) electrons. The highest BCUT2D eigenvalue weighted by Gasteiger charge is 2.34. The smallest absolute Gasteiger partial charge is 0.0829 e. The maximum absolute atomic E-state index is 5.92. The molecule has 1 aliphatic rings. The highest BCUT2D eigenvalue weighted by atomic mass is 35.5. The summed E-state index contributed by atoms with van der Waals surface area (Å²) in [6.45, 7) is 4.36. The first-order chi connectivity index (χ1) is 10.0. The van der Waals surface area contributed by atoms with Crippen molar-refractivity contribution in [1.82, 2.24) is 9.80 Å². The van der Waals surface area contributed by atoms with Gasteiger partial charge in [-0.05, 0) is 51.1 Å². The van der Waals surface area contributed by atoms with E-state index in [-0.39, 0.29) is 5.60 Å². The standard InChI is InChI=1S/C17H27ClN2O/c1-19(2)14-17(21-3)9-12-20(13-10-17)11-8-15-4-6-16(18)7-5-15/h4-7H,8-14H2,1-3H3. The summed E-state index contributed by atoms with van der Waals surface area (Å²) in [5.41, 5.74) is 1.40. The number of piperidine rings is 1. The maximum Gasteiger partial charge on any atom is 0.0829 e.